The van der Waals surface area contributed by atoms with E-state index in [9.17, 15) is 14.7 Å². The number of carbonyl (C=O) groups excluding carboxylic acids is 2. The molecule has 2 aromatic carbocycles. The zero-order chi connectivity index (χ0) is 15.7. The number of hydrogen-bond acceptors (Lipinski definition) is 4. The largest absolute Gasteiger partial charge is 0.508 e. The molecular formula is C17H9N3O3. The maximum Gasteiger partial charge on any atom is 0.259 e. The van der Waals surface area contributed by atoms with Gasteiger partial charge in [0.15, 0.2) is 0 Å². The highest BCUT2D eigenvalue weighted by atomic mass is 16.3. The number of amides is 2. The Morgan fingerprint density at radius 2 is 1.83 bits per heavy atom. The number of phenolic OH excluding ortho intramolecular Hbond substituents is 1. The first-order valence-electron chi connectivity index (χ1n) is 7.06. The minimum absolute atomic E-state index is 0.0954. The normalized spacial score (nSPS) is 13.9. The monoisotopic (exact) mass is 303 g/mol. The second-order valence-electron chi connectivity index (χ2n) is 5.54. The van der Waals surface area contributed by atoms with Gasteiger partial charge in [0, 0.05) is 27.9 Å². The molecule has 3 heterocycles. The van der Waals surface area contributed by atoms with Gasteiger partial charge in [-0.05, 0) is 24.3 Å². The number of nitrogens with zero attached hydrogens (tertiary/aromatic N) is 1. The van der Waals surface area contributed by atoms with Gasteiger partial charge in [-0.25, -0.2) is 0 Å². The van der Waals surface area contributed by atoms with E-state index in [1.54, 1.807) is 36.5 Å². The molecule has 6 nitrogen and oxygen atoms in total. The lowest BCUT2D eigenvalue weighted by Gasteiger charge is -2.04. The number of rotatable bonds is 0. The lowest BCUT2D eigenvalue weighted by atomic mass is 9.97. The third-order valence-corrected chi connectivity index (χ3v) is 4.28. The molecule has 2 amide bonds. The van der Waals surface area contributed by atoms with Crippen LogP contribution in [-0.4, -0.2) is 26.9 Å². The molecule has 0 unspecified atom stereocenters. The molecule has 110 valence electrons. The number of hydrogen-bond donors (Lipinski definition) is 3. The molecule has 2 aromatic heterocycles. The van der Waals surface area contributed by atoms with Crippen LogP contribution in [0.25, 0.3) is 32.7 Å². The molecule has 5 rings (SSSR count). The van der Waals surface area contributed by atoms with Gasteiger partial charge in [0.25, 0.3) is 11.8 Å². The number of benzene rings is 2. The molecule has 0 saturated heterocycles. The van der Waals surface area contributed by atoms with Crippen molar-refractivity contribution in [2.24, 2.45) is 0 Å². The second-order valence-corrected chi connectivity index (χ2v) is 5.54. The number of nitrogens with one attached hydrogen (secondary N) is 2. The molecule has 0 fully saturated rings. The van der Waals surface area contributed by atoms with Crippen LogP contribution in [0.3, 0.4) is 0 Å². The van der Waals surface area contributed by atoms with Crippen molar-refractivity contribution in [1.29, 1.82) is 0 Å². The van der Waals surface area contributed by atoms with Crippen molar-refractivity contribution in [3.05, 3.63) is 47.7 Å². The van der Waals surface area contributed by atoms with E-state index in [-0.39, 0.29) is 5.75 Å². The van der Waals surface area contributed by atoms with Crippen LogP contribution in [0.1, 0.15) is 20.7 Å². The molecular weight excluding hydrogens is 294 g/mol. The predicted octanol–water partition coefficient (Wildman–Crippen LogP) is 2.46. The molecule has 3 N–H and O–H groups in total. The van der Waals surface area contributed by atoms with Crippen LogP contribution in [0.5, 0.6) is 5.75 Å². The number of aromatic nitrogens is 2. The van der Waals surface area contributed by atoms with E-state index < -0.39 is 11.8 Å². The van der Waals surface area contributed by atoms with Gasteiger partial charge >= 0.3 is 0 Å². The zero-order valence-corrected chi connectivity index (χ0v) is 11.7. The third-order valence-electron chi connectivity index (χ3n) is 4.28. The maximum absolute atomic E-state index is 12.3. The first kappa shape index (κ1) is 12.2. The fourth-order valence-electron chi connectivity index (χ4n) is 3.37. The fourth-order valence-corrected chi connectivity index (χ4v) is 3.37. The standard InChI is InChI=1S/C17H9N3O3/c21-7-3-4-10-9(6-7)11-13-12(16(22)20-17(13)23)8-2-1-5-18-14(8)15(11)19-10/h1-6,19,21H,(H,20,22,23). The first-order chi connectivity index (χ1) is 11.1. The highest BCUT2D eigenvalue weighted by Gasteiger charge is 2.33. The Kier molecular flexibility index (Phi) is 2.04. The fraction of sp³-hybridized carbons (Fsp3) is 0. The van der Waals surface area contributed by atoms with E-state index in [1.165, 1.54) is 0 Å². The van der Waals surface area contributed by atoms with Gasteiger partial charge in [0.2, 0.25) is 0 Å². The lowest BCUT2D eigenvalue weighted by Crippen LogP contribution is -2.20. The van der Waals surface area contributed by atoms with E-state index in [4.69, 9.17) is 0 Å². The molecule has 0 radical (unpaired) electrons. The van der Waals surface area contributed by atoms with E-state index in [0.29, 0.717) is 38.3 Å². The summed E-state index contributed by atoms with van der Waals surface area (Å²) in [6, 6.07) is 8.40. The number of imide groups is 1. The van der Waals surface area contributed by atoms with Crippen LogP contribution >= 0.6 is 0 Å². The number of H-pyrrole nitrogens is 1. The third kappa shape index (κ3) is 1.39. The van der Waals surface area contributed by atoms with Crippen molar-refractivity contribution in [1.82, 2.24) is 15.3 Å². The van der Waals surface area contributed by atoms with Gasteiger partial charge in [-0.1, -0.05) is 6.07 Å². The Morgan fingerprint density at radius 1 is 1.00 bits per heavy atom. The van der Waals surface area contributed by atoms with E-state index in [0.717, 1.165) is 5.52 Å². The van der Waals surface area contributed by atoms with Crippen molar-refractivity contribution in [3.63, 3.8) is 0 Å². The number of fused-ring (bicyclic) bond motifs is 8. The summed E-state index contributed by atoms with van der Waals surface area (Å²) < 4.78 is 0. The van der Waals surface area contributed by atoms with Crippen LogP contribution < -0.4 is 5.32 Å². The Morgan fingerprint density at radius 3 is 2.70 bits per heavy atom. The Bertz CT molecular complexity index is 1190. The summed E-state index contributed by atoms with van der Waals surface area (Å²) in [4.78, 5) is 32.2. The van der Waals surface area contributed by atoms with E-state index in [1.807, 2.05) is 0 Å². The van der Waals surface area contributed by atoms with Gasteiger partial charge < -0.3 is 10.1 Å². The summed E-state index contributed by atoms with van der Waals surface area (Å²) in [5.41, 5.74) is 2.76. The maximum atomic E-state index is 12.3. The van der Waals surface area contributed by atoms with Gasteiger partial charge in [-0.15, -0.1) is 0 Å². The molecule has 0 atom stereocenters. The van der Waals surface area contributed by atoms with Crippen molar-refractivity contribution in [3.8, 4) is 5.75 Å². The van der Waals surface area contributed by atoms with Gasteiger partial charge in [0.1, 0.15) is 5.75 Å². The summed E-state index contributed by atoms with van der Waals surface area (Å²) in [6.07, 6.45) is 1.64. The van der Waals surface area contributed by atoms with Crippen LogP contribution in [0.15, 0.2) is 36.5 Å². The van der Waals surface area contributed by atoms with E-state index >= 15 is 0 Å². The van der Waals surface area contributed by atoms with Crippen LogP contribution in [0, 0.1) is 0 Å². The molecule has 6 heteroatoms. The molecule has 1 aliphatic heterocycles. The highest BCUT2D eigenvalue weighted by molar-refractivity contribution is 6.36. The van der Waals surface area contributed by atoms with Gasteiger partial charge in [0.05, 0.1) is 22.2 Å². The molecule has 0 aliphatic carbocycles. The molecule has 1 aliphatic rings. The van der Waals surface area contributed by atoms with Crippen molar-refractivity contribution < 1.29 is 14.7 Å². The summed E-state index contributed by atoms with van der Waals surface area (Å²) in [5, 5.41) is 14.1. The summed E-state index contributed by atoms with van der Waals surface area (Å²) in [5.74, 6) is -0.748. The second kappa shape index (κ2) is 3.86. The number of aromatic hydroxyl groups is 1. The lowest BCUT2D eigenvalue weighted by molar-refractivity contribution is 0.0880. The molecule has 23 heavy (non-hydrogen) atoms. The number of aromatic amines is 1. The Balaban J connectivity index is 2.18. The Labute approximate surface area is 128 Å². The average Bonchev–Trinajstić information content (AvgIpc) is 3.05. The smallest absolute Gasteiger partial charge is 0.259 e. The highest BCUT2D eigenvalue weighted by Crippen LogP contribution is 2.39. The van der Waals surface area contributed by atoms with Crippen LogP contribution in [-0.2, 0) is 0 Å². The summed E-state index contributed by atoms with van der Waals surface area (Å²) >= 11 is 0. The Hall–Kier alpha value is -3.41. The minimum Gasteiger partial charge on any atom is -0.508 e. The quantitative estimate of drug-likeness (QED) is 0.435. The zero-order valence-electron chi connectivity index (χ0n) is 11.7. The molecule has 0 spiro atoms. The van der Waals surface area contributed by atoms with Crippen LogP contribution in [0.4, 0.5) is 0 Å². The number of phenols is 1. The van der Waals surface area contributed by atoms with Gasteiger partial charge in [-0.2, -0.15) is 0 Å². The number of pyridine rings is 1. The van der Waals surface area contributed by atoms with Crippen molar-refractivity contribution in [2.45, 2.75) is 0 Å². The molecule has 4 aromatic rings. The number of carbonyl (C=O) groups is 2. The average molecular weight is 303 g/mol. The first-order valence-corrected chi connectivity index (χ1v) is 7.06. The van der Waals surface area contributed by atoms with Crippen molar-refractivity contribution >= 4 is 44.5 Å². The van der Waals surface area contributed by atoms with Gasteiger partial charge in [-0.3, -0.25) is 19.9 Å². The SMILES string of the molecule is O=C1NC(=O)c2c1c1cccnc1c1[nH]c3ccc(O)cc3c21. The predicted molar refractivity (Wildman–Crippen MR) is 84.6 cm³/mol. The summed E-state index contributed by atoms with van der Waals surface area (Å²) in [6.45, 7) is 0. The summed E-state index contributed by atoms with van der Waals surface area (Å²) in [7, 11) is 0. The van der Waals surface area contributed by atoms with Crippen molar-refractivity contribution in [2.75, 3.05) is 0 Å². The topological polar surface area (TPSA) is 95.1 Å². The van der Waals surface area contributed by atoms with Crippen LogP contribution in [0.2, 0.25) is 0 Å². The molecule has 0 saturated carbocycles. The molecule has 0 bridgehead atoms. The minimum atomic E-state index is -0.426. The van der Waals surface area contributed by atoms with E-state index in [2.05, 4.69) is 15.3 Å².